The van der Waals surface area contributed by atoms with E-state index in [1.165, 1.54) is 0 Å². The summed E-state index contributed by atoms with van der Waals surface area (Å²) in [5.41, 5.74) is 5.12. The van der Waals surface area contributed by atoms with E-state index in [-0.39, 0.29) is 6.10 Å². The third-order valence-corrected chi connectivity index (χ3v) is 5.16. The summed E-state index contributed by atoms with van der Waals surface area (Å²) < 4.78 is 19.8. The van der Waals surface area contributed by atoms with E-state index >= 15 is 0 Å². The molecule has 0 spiro atoms. The summed E-state index contributed by atoms with van der Waals surface area (Å²) >= 11 is 9.02. The first-order chi connectivity index (χ1) is 13.9. The third kappa shape index (κ3) is 4.73. The van der Waals surface area contributed by atoms with Crippen LogP contribution in [-0.4, -0.2) is 35.2 Å². The summed E-state index contributed by atoms with van der Waals surface area (Å²) in [6, 6.07) is 11.5. The quantitative estimate of drug-likeness (QED) is 0.447. The van der Waals surface area contributed by atoms with Gasteiger partial charge in [-0.2, -0.15) is 5.10 Å². The van der Waals surface area contributed by atoms with Crippen LogP contribution in [0.2, 0.25) is 0 Å². The van der Waals surface area contributed by atoms with Crippen molar-refractivity contribution in [2.24, 2.45) is 0 Å². The number of para-hydroxylation sites is 1. The number of aromatic nitrogens is 3. The molecule has 0 atom stereocenters. The van der Waals surface area contributed by atoms with Crippen LogP contribution < -0.4 is 19.6 Å². The van der Waals surface area contributed by atoms with E-state index in [0.717, 1.165) is 15.6 Å². The monoisotopic (exact) mass is 478 g/mol. The number of benzene rings is 2. The summed E-state index contributed by atoms with van der Waals surface area (Å²) in [5.74, 6) is 2.70. The second-order valence-electron chi connectivity index (χ2n) is 6.48. The van der Waals surface area contributed by atoms with Crippen LogP contribution in [0.3, 0.4) is 0 Å². The van der Waals surface area contributed by atoms with Crippen LogP contribution in [0.15, 0.2) is 40.9 Å². The maximum Gasteiger partial charge on any atom is 0.214 e. The summed E-state index contributed by atoms with van der Waals surface area (Å²) in [5, 5.41) is 7.19. The number of rotatable bonds is 8. The number of H-pyrrole nitrogens is 1. The normalized spacial score (nSPS) is 10.8. The van der Waals surface area contributed by atoms with Gasteiger partial charge in [0.25, 0.3) is 0 Å². The number of ether oxygens (including phenoxy) is 3. The molecule has 0 aliphatic rings. The molecule has 0 fully saturated rings. The largest absolute Gasteiger partial charge is 0.496 e. The second kappa shape index (κ2) is 9.32. The second-order valence-corrected chi connectivity index (χ2v) is 7.73. The van der Waals surface area contributed by atoms with Gasteiger partial charge in [0.1, 0.15) is 5.75 Å². The molecule has 29 heavy (non-hydrogen) atoms. The van der Waals surface area contributed by atoms with Gasteiger partial charge in [-0.15, -0.1) is 0 Å². The lowest BCUT2D eigenvalue weighted by atomic mass is 10.2. The molecule has 1 aromatic heterocycles. The van der Waals surface area contributed by atoms with Gasteiger partial charge in [0.2, 0.25) is 4.77 Å². The Kier molecular flexibility index (Phi) is 6.81. The van der Waals surface area contributed by atoms with Crippen molar-refractivity contribution in [1.82, 2.24) is 14.9 Å². The van der Waals surface area contributed by atoms with Crippen molar-refractivity contribution < 1.29 is 14.2 Å². The van der Waals surface area contributed by atoms with Gasteiger partial charge in [-0.05, 0) is 55.9 Å². The van der Waals surface area contributed by atoms with Crippen LogP contribution in [0.25, 0.3) is 11.4 Å². The smallest absolute Gasteiger partial charge is 0.214 e. The topological polar surface area (TPSA) is 73.3 Å². The molecule has 3 aromatic rings. The van der Waals surface area contributed by atoms with Gasteiger partial charge in [-0.1, -0.05) is 28.1 Å². The SMILES string of the molecule is COc1cc(CNn2c(-c3ccccc3OC)n[nH]c2=S)c(Br)cc1OC(C)C. The van der Waals surface area contributed by atoms with Gasteiger partial charge in [0.15, 0.2) is 17.3 Å². The Balaban J connectivity index is 1.90. The van der Waals surface area contributed by atoms with Crippen LogP contribution >= 0.6 is 28.1 Å². The molecule has 154 valence electrons. The molecule has 0 radical (unpaired) electrons. The maximum absolute atomic E-state index is 5.82. The summed E-state index contributed by atoms with van der Waals surface area (Å²) in [6.45, 7) is 4.43. The Morgan fingerprint density at radius 2 is 1.86 bits per heavy atom. The highest BCUT2D eigenvalue weighted by Gasteiger charge is 2.15. The van der Waals surface area contributed by atoms with Crippen LogP contribution in [0.5, 0.6) is 17.2 Å². The van der Waals surface area contributed by atoms with E-state index in [2.05, 4.69) is 31.6 Å². The van der Waals surface area contributed by atoms with E-state index in [1.807, 2.05) is 50.2 Å². The molecule has 7 nitrogen and oxygen atoms in total. The van der Waals surface area contributed by atoms with Gasteiger partial charge in [-0.25, -0.2) is 9.77 Å². The van der Waals surface area contributed by atoms with E-state index in [0.29, 0.717) is 34.4 Å². The molecule has 0 unspecified atom stereocenters. The maximum atomic E-state index is 5.82. The van der Waals surface area contributed by atoms with Crippen molar-refractivity contribution in [3.63, 3.8) is 0 Å². The van der Waals surface area contributed by atoms with Crippen LogP contribution in [0, 0.1) is 4.77 Å². The molecule has 0 saturated carbocycles. The number of halogens is 1. The first-order valence-electron chi connectivity index (χ1n) is 9.02. The average Bonchev–Trinajstić information content (AvgIpc) is 3.07. The molecule has 0 bridgehead atoms. The number of methoxy groups -OCH3 is 2. The Morgan fingerprint density at radius 1 is 1.14 bits per heavy atom. The Bertz CT molecular complexity index is 1050. The predicted molar refractivity (Wildman–Crippen MR) is 119 cm³/mol. The van der Waals surface area contributed by atoms with Crippen LogP contribution in [0.1, 0.15) is 19.4 Å². The number of aromatic amines is 1. The van der Waals surface area contributed by atoms with Gasteiger partial charge in [0.05, 0.1) is 32.4 Å². The molecule has 9 heteroatoms. The third-order valence-electron chi connectivity index (χ3n) is 4.14. The van der Waals surface area contributed by atoms with Gasteiger partial charge < -0.3 is 19.6 Å². The number of nitrogens with zero attached hydrogens (tertiary/aromatic N) is 2. The van der Waals surface area contributed by atoms with Crippen LogP contribution in [-0.2, 0) is 6.54 Å². The zero-order valence-corrected chi connectivity index (χ0v) is 19.1. The number of nitrogens with one attached hydrogen (secondary N) is 2. The lowest BCUT2D eigenvalue weighted by Gasteiger charge is -2.17. The van der Waals surface area contributed by atoms with Crippen molar-refractivity contribution in [2.45, 2.75) is 26.5 Å². The highest BCUT2D eigenvalue weighted by molar-refractivity contribution is 9.10. The molecule has 0 amide bonds. The lowest BCUT2D eigenvalue weighted by molar-refractivity contribution is 0.230. The van der Waals surface area contributed by atoms with Crippen molar-refractivity contribution >= 4 is 28.1 Å². The minimum Gasteiger partial charge on any atom is -0.496 e. The Hall–Kier alpha value is -2.52. The summed E-state index contributed by atoms with van der Waals surface area (Å²) in [7, 11) is 3.25. The van der Waals surface area contributed by atoms with Gasteiger partial charge in [-0.3, -0.25) is 0 Å². The first-order valence-corrected chi connectivity index (χ1v) is 10.2. The summed E-state index contributed by atoms with van der Waals surface area (Å²) in [4.78, 5) is 0. The minimum atomic E-state index is 0.0486. The standard InChI is InChI=1S/C20H23BrN4O3S/c1-12(2)28-18-10-15(21)13(9-17(18)27-4)11-22-25-19(23-24-20(25)29)14-7-5-6-8-16(14)26-3/h5-10,12,22H,11H2,1-4H3,(H,24,29). The summed E-state index contributed by atoms with van der Waals surface area (Å²) in [6.07, 6.45) is 0.0486. The molecular weight excluding hydrogens is 456 g/mol. The van der Waals surface area contributed by atoms with E-state index < -0.39 is 0 Å². The Labute approximate surface area is 183 Å². The molecule has 0 aliphatic heterocycles. The van der Waals surface area contributed by atoms with Gasteiger partial charge in [0, 0.05) is 4.47 Å². The fraction of sp³-hybridized carbons (Fsp3) is 0.300. The minimum absolute atomic E-state index is 0.0486. The average molecular weight is 479 g/mol. The molecule has 0 saturated heterocycles. The van der Waals surface area contributed by atoms with E-state index in [4.69, 9.17) is 26.4 Å². The molecule has 2 N–H and O–H groups in total. The van der Waals surface area contributed by atoms with Crippen molar-refractivity contribution in [3.8, 4) is 28.6 Å². The number of hydrogen-bond acceptors (Lipinski definition) is 6. The van der Waals surface area contributed by atoms with E-state index in [1.54, 1.807) is 18.9 Å². The van der Waals surface area contributed by atoms with Crippen molar-refractivity contribution in [3.05, 3.63) is 51.2 Å². The lowest BCUT2D eigenvalue weighted by Crippen LogP contribution is -2.16. The fourth-order valence-electron chi connectivity index (χ4n) is 2.84. The molecule has 3 rings (SSSR count). The van der Waals surface area contributed by atoms with Crippen molar-refractivity contribution in [1.29, 1.82) is 0 Å². The van der Waals surface area contributed by atoms with Crippen LogP contribution in [0.4, 0.5) is 0 Å². The Morgan fingerprint density at radius 3 is 2.55 bits per heavy atom. The van der Waals surface area contributed by atoms with E-state index in [9.17, 15) is 0 Å². The molecule has 0 aliphatic carbocycles. The van der Waals surface area contributed by atoms with Gasteiger partial charge >= 0.3 is 0 Å². The zero-order valence-electron chi connectivity index (χ0n) is 16.7. The first kappa shape index (κ1) is 21.2. The fourth-order valence-corrected chi connectivity index (χ4v) is 3.50. The zero-order chi connectivity index (χ0) is 21.0. The molecule has 1 heterocycles. The highest BCUT2D eigenvalue weighted by Crippen LogP contribution is 2.34. The predicted octanol–water partition coefficient (Wildman–Crippen LogP) is 4.92. The molecule has 2 aromatic carbocycles. The number of hydrogen-bond donors (Lipinski definition) is 2. The van der Waals surface area contributed by atoms with Crippen molar-refractivity contribution in [2.75, 3.05) is 19.6 Å². The highest BCUT2D eigenvalue weighted by atomic mass is 79.9. The molecular formula is C20H23BrN4O3S.